The number of aromatic amines is 1. The van der Waals surface area contributed by atoms with Gasteiger partial charge in [-0.25, -0.2) is 4.79 Å². The van der Waals surface area contributed by atoms with E-state index < -0.39 is 0 Å². The van der Waals surface area contributed by atoms with Crippen LogP contribution in [0, 0.1) is 6.92 Å². The molecule has 158 valence electrons. The maximum atomic E-state index is 12.7. The summed E-state index contributed by atoms with van der Waals surface area (Å²) in [6.45, 7) is 11.9. The third-order valence-corrected chi connectivity index (χ3v) is 8.82. The van der Waals surface area contributed by atoms with E-state index in [2.05, 4.69) is 67.0 Å². The van der Waals surface area contributed by atoms with E-state index in [1.165, 1.54) is 27.7 Å². The normalized spacial score (nSPS) is 23.9. The number of fused-ring (bicyclic) bond motifs is 2. The number of H-pyrrole nitrogens is 1. The fourth-order valence-corrected chi connectivity index (χ4v) is 6.21. The summed E-state index contributed by atoms with van der Waals surface area (Å²) in [5.74, 6) is 0.417. The molecule has 3 atom stereocenters. The molecule has 4 rings (SSSR count). The number of urea groups is 1. The summed E-state index contributed by atoms with van der Waals surface area (Å²) in [4.78, 5) is 20.7. The first-order valence-corrected chi connectivity index (χ1v) is 12.3. The quantitative estimate of drug-likeness (QED) is 0.579. The number of likely N-dealkylation sites (N-methyl/N-ethyl adjacent to an activating group) is 1. The Kier molecular flexibility index (Phi) is 6.02. The maximum absolute atomic E-state index is 12.7. The fraction of sp³-hybridized carbons (Fsp3) is 0.591. The Morgan fingerprint density at radius 3 is 2.69 bits per heavy atom. The second-order valence-electron chi connectivity index (χ2n) is 8.26. The number of benzene rings is 1. The van der Waals surface area contributed by atoms with Gasteiger partial charge in [0.25, 0.3) is 0 Å². The van der Waals surface area contributed by atoms with Crippen LogP contribution in [0.3, 0.4) is 0 Å². The van der Waals surface area contributed by atoms with Gasteiger partial charge in [0.05, 0.1) is 9.99 Å². The molecule has 2 aromatic rings. The molecule has 0 bridgehead atoms. The van der Waals surface area contributed by atoms with Crippen molar-refractivity contribution in [1.29, 1.82) is 0 Å². The largest absolute Gasteiger partial charge is 0.357 e. The first-order chi connectivity index (χ1) is 13.9. The number of likely N-dealkylation sites (tertiary alicyclic amines) is 1. The van der Waals surface area contributed by atoms with Gasteiger partial charge < -0.3 is 15.2 Å². The maximum Gasteiger partial charge on any atom is 0.317 e. The molecule has 1 fully saturated rings. The van der Waals surface area contributed by atoms with Crippen molar-refractivity contribution in [3.05, 3.63) is 31.8 Å². The van der Waals surface area contributed by atoms with Crippen LogP contribution in [0.15, 0.2) is 15.0 Å². The SMILES string of the molecule is CCN(CC)C(=O)N[C@H]1C[C@@H]2c3cc(Br)c(Br)c4[nH]c(C)c(c34)C[C@H]2N(CC)C1. The van der Waals surface area contributed by atoms with Gasteiger partial charge in [-0.15, -0.1) is 0 Å². The van der Waals surface area contributed by atoms with Gasteiger partial charge in [0, 0.05) is 53.2 Å². The molecule has 1 saturated heterocycles. The van der Waals surface area contributed by atoms with Crippen LogP contribution in [-0.2, 0) is 6.42 Å². The van der Waals surface area contributed by atoms with E-state index in [0.717, 1.165) is 48.0 Å². The molecule has 7 heteroatoms. The number of carbonyl (C=O) groups excluding carboxylic acids is 1. The molecule has 29 heavy (non-hydrogen) atoms. The highest BCUT2D eigenvalue weighted by Gasteiger charge is 2.42. The van der Waals surface area contributed by atoms with Gasteiger partial charge in [0.2, 0.25) is 0 Å². The lowest BCUT2D eigenvalue weighted by atomic mass is 9.73. The van der Waals surface area contributed by atoms with Crippen LogP contribution in [0.4, 0.5) is 4.79 Å². The number of nitrogens with zero attached hydrogens (tertiary/aromatic N) is 2. The Bertz CT molecular complexity index is 937. The van der Waals surface area contributed by atoms with Crippen molar-refractivity contribution in [2.24, 2.45) is 0 Å². The summed E-state index contributed by atoms with van der Waals surface area (Å²) in [5, 5.41) is 4.70. The van der Waals surface area contributed by atoms with E-state index in [1.54, 1.807) is 0 Å². The Labute approximate surface area is 189 Å². The van der Waals surface area contributed by atoms with Crippen LogP contribution < -0.4 is 5.32 Å². The van der Waals surface area contributed by atoms with E-state index in [9.17, 15) is 4.79 Å². The lowest BCUT2D eigenvalue weighted by Crippen LogP contribution is -2.57. The summed E-state index contributed by atoms with van der Waals surface area (Å²) >= 11 is 7.51. The third kappa shape index (κ3) is 3.53. The minimum atomic E-state index is 0.0608. The molecular formula is C22H30Br2N4O. The number of carbonyl (C=O) groups is 1. The predicted molar refractivity (Wildman–Crippen MR) is 126 cm³/mol. The number of halogens is 2. The number of nitrogens with one attached hydrogen (secondary N) is 2. The zero-order valence-corrected chi connectivity index (χ0v) is 20.8. The third-order valence-electron chi connectivity index (χ3n) is 6.84. The molecule has 2 heterocycles. The average molecular weight is 526 g/mol. The van der Waals surface area contributed by atoms with Crippen molar-refractivity contribution in [3.8, 4) is 0 Å². The number of amides is 2. The molecule has 2 N–H and O–H groups in total. The first kappa shape index (κ1) is 21.2. The number of rotatable bonds is 4. The molecule has 2 amide bonds. The number of hydrogen-bond donors (Lipinski definition) is 2. The van der Waals surface area contributed by atoms with Crippen molar-refractivity contribution in [2.75, 3.05) is 26.2 Å². The molecular weight excluding hydrogens is 496 g/mol. The van der Waals surface area contributed by atoms with Crippen LogP contribution in [-0.4, -0.2) is 59.1 Å². The number of piperidine rings is 1. The predicted octanol–water partition coefficient (Wildman–Crippen LogP) is 5.16. The zero-order chi connectivity index (χ0) is 20.9. The monoisotopic (exact) mass is 524 g/mol. The van der Waals surface area contributed by atoms with Gasteiger partial charge in [0.15, 0.2) is 0 Å². The minimum Gasteiger partial charge on any atom is -0.357 e. The second-order valence-corrected chi connectivity index (χ2v) is 9.91. The van der Waals surface area contributed by atoms with Crippen LogP contribution in [0.1, 0.15) is 49.9 Å². The van der Waals surface area contributed by atoms with Gasteiger partial charge in [-0.2, -0.15) is 0 Å². The number of aromatic nitrogens is 1. The Morgan fingerprint density at radius 1 is 1.31 bits per heavy atom. The Balaban J connectivity index is 1.72. The molecule has 1 aliphatic heterocycles. The van der Waals surface area contributed by atoms with Crippen LogP contribution in [0.25, 0.3) is 10.9 Å². The van der Waals surface area contributed by atoms with Crippen molar-refractivity contribution in [3.63, 3.8) is 0 Å². The summed E-state index contributed by atoms with van der Waals surface area (Å²) in [7, 11) is 0. The zero-order valence-electron chi connectivity index (χ0n) is 17.6. The highest BCUT2D eigenvalue weighted by atomic mass is 79.9. The van der Waals surface area contributed by atoms with E-state index >= 15 is 0 Å². The standard InChI is InChI=1S/C22H30Br2N4O/c1-5-27(6-2)22(29)26-13-8-15-16-9-17(23)20(24)21-19(16)14(12(4)25-21)10-18(15)28(7-3)11-13/h9,13,15,18,25H,5-8,10-11H2,1-4H3,(H,26,29)/t13-,15+,18+/m0/s1. The topological polar surface area (TPSA) is 51.4 Å². The second kappa shape index (κ2) is 8.23. The van der Waals surface area contributed by atoms with Crippen molar-refractivity contribution in [1.82, 2.24) is 20.1 Å². The summed E-state index contributed by atoms with van der Waals surface area (Å²) < 4.78 is 2.18. The van der Waals surface area contributed by atoms with Gasteiger partial charge in [0.1, 0.15) is 0 Å². The van der Waals surface area contributed by atoms with Crippen molar-refractivity contribution < 1.29 is 4.79 Å². The van der Waals surface area contributed by atoms with Crippen LogP contribution >= 0.6 is 31.9 Å². The lowest BCUT2D eigenvalue weighted by Gasteiger charge is -2.47. The summed E-state index contributed by atoms with van der Waals surface area (Å²) in [6, 6.07) is 3.01. The average Bonchev–Trinajstić information content (AvgIpc) is 3.04. The van der Waals surface area contributed by atoms with Gasteiger partial charge >= 0.3 is 6.03 Å². The highest BCUT2D eigenvalue weighted by molar-refractivity contribution is 9.13. The first-order valence-electron chi connectivity index (χ1n) is 10.7. The minimum absolute atomic E-state index is 0.0608. The fourth-order valence-electron chi connectivity index (χ4n) is 5.36. The molecule has 0 saturated carbocycles. The van der Waals surface area contributed by atoms with E-state index in [1.807, 2.05) is 18.7 Å². The molecule has 1 aromatic carbocycles. The smallest absolute Gasteiger partial charge is 0.317 e. The molecule has 0 unspecified atom stereocenters. The van der Waals surface area contributed by atoms with Gasteiger partial charge in [-0.1, -0.05) is 6.92 Å². The van der Waals surface area contributed by atoms with E-state index in [0.29, 0.717) is 12.0 Å². The van der Waals surface area contributed by atoms with Crippen molar-refractivity contribution >= 4 is 48.8 Å². The van der Waals surface area contributed by atoms with Gasteiger partial charge in [-0.05, 0) is 89.2 Å². The van der Waals surface area contributed by atoms with Crippen LogP contribution in [0.5, 0.6) is 0 Å². The van der Waals surface area contributed by atoms with Gasteiger partial charge in [-0.3, -0.25) is 4.90 Å². The van der Waals surface area contributed by atoms with E-state index in [-0.39, 0.29) is 12.1 Å². The highest BCUT2D eigenvalue weighted by Crippen LogP contribution is 2.47. The number of hydrogen-bond acceptors (Lipinski definition) is 2. The number of aryl methyl sites for hydroxylation is 1. The molecule has 2 aliphatic rings. The van der Waals surface area contributed by atoms with E-state index in [4.69, 9.17) is 0 Å². The lowest BCUT2D eigenvalue weighted by molar-refractivity contribution is 0.103. The Hall–Kier alpha value is -1.05. The molecule has 1 aliphatic carbocycles. The summed E-state index contributed by atoms with van der Waals surface area (Å²) in [5.41, 5.74) is 5.32. The van der Waals surface area contributed by atoms with Crippen LogP contribution in [0.2, 0.25) is 0 Å². The summed E-state index contributed by atoms with van der Waals surface area (Å²) in [6.07, 6.45) is 2.06. The van der Waals surface area contributed by atoms with Crippen molar-refractivity contribution in [2.45, 2.75) is 58.5 Å². The molecule has 0 radical (unpaired) electrons. The molecule has 5 nitrogen and oxygen atoms in total. The molecule has 1 aromatic heterocycles. The molecule has 0 spiro atoms. The Morgan fingerprint density at radius 2 is 2.03 bits per heavy atom.